The van der Waals surface area contributed by atoms with E-state index >= 15 is 0 Å². The van der Waals surface area contributed by atoms with Gasteiger partial charge in [-0.2, -0.15) is 5.10 Å². The normalized spacial score (nSPS) is 24.8. The van der Waals surface area contributed by atoms with Crippen molar-refractivity contribution in [2.75, 3.05) is 26.2 Å². The SMILES string of the molecule is CC1(C)C[C@@H]1C(=O)N1CC2(CN(C(=O)c3cnn(Cc4ccccc4)c3)C[C@H]2C(=O)N[C@H]2CCc3cc(Cl)ccc32)C1. The van der Waals surface area contributed by atoms with E-state index in [9.17, 15) is 14.4 Å². The molecule has 2 saturated heterocycles. The summed E-state index contributed by atoms with van der Waals surface area (Å²) >= 11 is 6.20. The van der Waals surface area contributed by atoms with Crippen LogP contribution in [0.4, 0.5) is 0 Å². The first-order valence-electron chi connectivity index (χ1n) is 14.9. The van der Waals surface area contributed by atoms with Crippen molar-refractivity contribution in [2.24, 2.45) is 22.7 Å². The van der Waals surface area contributed by atoms with Crippen molar-refractivity contribution in [2.45, 2.75) is 45.7 Å². The van der Waals surface area contributed by atoms with E-state index in [4.69, 9.17) is 11.6 Å². The van der Waals surface area contributed by atoms with Crippen LogP contribution in [0.5, 0.6) is 0 Å². The minimum atomic E-state index is -0.449. The van der Waals surface area contributed by atoms with E-state index in [-0.39, 0.29) is 35.1 Å². The molecule has 7 rings (SSSR count). The molecule has 2 aliphatic carbocycles. The van der Waals surface area contributed by atoms with Crippen LogP contribution in [-0.4, -0.2) is 63.5 Å². The van der Waals surface area contributed by atoms with Gasteiger partial charge in [-0.05, 0) is 53.5 Å². The lowest BCUT2D eigenvalue weighted by Crippen LogP contribution is -2.64. The molecule has 0 unspecified atom stereocenters. The molecule has 1 saturated carbocycles. The van der Waals surface area contributed by atoms with Crippen LogP contribution in [0.2, 0.25) is 5.02 Å². The third kappa shape index (κ3) is 4.79. The molecule has 4 aliphatic rings. The number of carbonyl (C=O) groups excluding carboxylic acids is 3. The summed E-state index contributed by atoms with van der Waals surface area (Å²) in [5.74, 6) is -0.333. The summed E-state index contributed by atoms with van der Waals surface area (Å²) < 4.78 is 1.77. The molecule has 2 aliphatic heterocycles. The third-order valence-electron chi connectivity index (χ3n) is 9.95. The quantitative estimate of drug-likeness (QED) is 0.466. The Morgan fingerprint density at radius 2 is 1.76 bits per heavy atom. The number of benzene rings is 2. The third-order valence-corrected chi connectivity index (χ3v) is 10.2. The van der Waals surface area contributed by atoms with Gasteiger partial charge in [-0.15, -0.1) is 0 Å². The first kappa shape index (κ1) is 27.2. The highest BCUT2D eigenvalue weighted by molar-refractivity contribution is 6.30. The molecule has 1 spiro atoms. The van der Waals surface area contributed by atoms with Crippen molar-refractivity contribution in [3.05, 3.63) is 88.2 Å². The number of aryl methyl sites for hydroxylation is 1. The summed E-state index contributed by atoms with van der Waals surface area (Å²) in [6, 6.07) is 15.8. The van der Waals surface area contributed by atoms with E-state index in [0.717, 1.165) is 30.4 Å². The molecule has 3 aromatic rings. The second kappa shape index (κ2) is 9.97. The highest BCUT2D eigenvalue weighted by Crippen LogP contribution is 2.54. The van der Waals surface area contributed by atoms with Crippen molar-refractivity contribution in [1.82, 2.24) is 24.9 Å². The standard InChI is InChI=1S/C33H36ClN5O3/c1-32(2)13-26(32)31(42)38-19-33(20-38)18-37(30(41)23-14-35-39(16-23)15-21-6-4-3-5-7-21)17-27(33)29(40)36-28-11-8-22-12-24(34)9-10-25(22)28/h3-7,9-10,12,14,16,26-28H,8,11,13,15,17-20H2,1-2H3,(H,36,40)/t26-,27+,28+/m1/s1. The van der Waals surface area contributed by atoms with Crippen LogP contribution < -0.4 is 5.32 Å². The Morgan fingerprint density at radius 1 is 1.02 bits per heavy atom. The van der Waals surface area contributed by atoms with Gasteiger partial charge in [0.2, 0.25) is 11.8 Å². The first-order valence-corrected chi connectivity index (χ1v) is 15.2. The molecular formula is C33H36ClN5O3. The van der Waals surface area contributed by atoms with E-state index in [1.54, 1.807) is 22.0 Å². The predicted octanol–water partition coefficient (Wildman–Crippen LogP) is 4.34. The number of halogens is 1. The topological polar surface area (TPSA) is 87.5 Å². The van der Waals surface area contributed by atoms with E-state index in [2.05, 4.69) is 24.3 Å². The lowest BCUT2D eigenvalue weighted by atomic mass is 9.70. The maximum Gasteiger partial charge on any atom is 0.257 e. The Kier molecular flexibility index (Phi) is 6.46. The minimum Gasteiger partial charge on any atom is -0.349 e. The number of nitrogens with one attached hydrogen (secondary N) is 1. The van der Waals surface area contributed by atoms with Gasteiger partial charge in [0, 0.05) is 48.7 Å². The van der Waals surface area contributed by atoms with Gasteiger partial charge in [-0.25, -0.2) is 0 Å². The highest BCUT2D eigenvalue weighted by atomic mass is 35.5. The van der Waals surface area contributed by atoms with Crippen molar-refractivity contribution in [1.29, 1.82) is 0 Å². The number of likely N-dealkylation sites (tertiary alicyclic amines) is 2. The number of carbonyl (C=O) groups is 3. The molecule has 42 heavy (non-hydrogen) atoms. The lowest BCUT2D eigenvalue weighted by molar-refractivity contribution is -0.151. The Labute approximate surface area is 251 Å². The summed E-state index contributed by atoms with van der Waals surface area (Å²) in [6.45, 7) is 6.61. The molecular weight excluding hydrogens is 550 g/mol. The summed E-state index contributed by atoms with van der Waals surface area (Å²) in [6.07, 6.45) is 5.99. The minimum absolute atomic E-state index is 0.0447. The fourth-order valence-corrected chi connectivity index (χ4v) is 7.50. The smallest absolute Gasteiger partial charge is 0.257 e. The Morgan fingerprint density at radius 3 is 2.50 bits per heavy atom. The molecule has 9 heteroatoms. The average molecular weight is 586 g/mol. The van der Waals surface area contributed by atoms with Gasteiger partial charge in [0.1, 0.15) is 0 Å². The summed E-state index contributed by atoms with van der Waals surface area (Å²) in [5, 5.41) is 8.43. The second-order valence-corrected chi connectivity index (χ2v) is 13.8. The number of fused-ring (bicyclic) bond motifs is 1. The second-order valence-electron chi connectivity index (χ2n) is 13.4. The van der Waals surface area contributed by atoms with Crippen LogP contribution in [-0.2, 0) is 22.6 Å². The lowest BCUT2D eigenvalue weighted by Gasteiger charge is -2.50. The van der Waals surface area contributed by atoms with Crippen molar-refractivity contribution in [3.63, 3.8) is 0 Å². The molecule has 2 aromatic carbocycles. The number of hydrogen-bond acceptors (Lipinski definition) is 4. The van der Waals surface area contributed by atoms with Crippen LogP contribution >= 0.6 is 11.6 Å². The summed E-state index contributed by atoms with van der Waals surface area (Å²) in [7, 11) is 0. The van der Waals surface area contributed by atoms with Gasteiger partial charge in [-0.1, -0.05) is 61.8 Å². The van der Waals surface area contributed by atoms with Crippen molar-refractivity contribution < 1.29 is 14.4 Å². The van der Waals surface area contributed by atoms with E-state index in [1.165, 1.54) is 5.56 Å². The van der Waals surface area contributed by atoms with Crippen LogP contribution in [0, 0.1) is 22.7 Å². The number of hydrogen-bond donors (Lipinski definition) is 1. The zero-order valence-electron chi connectivity index (χ0n) is 24.1. The average Bonchev–Trinajstić information content (AvgIpc) is 3.37. The molecule has 1 N–H and O–H groups in total. The van der Waals surface area contributed by atoms with Crippen LogP contribution in [0.3, 0.4) is 0 Å². The monoisotopic (exact) mass is 585 g/mol. The number of amides is 3. The van der Waals surface area contributed by atoms with E-state index < -0.39 is 11.3 Å². The number of aromatic nitrogens is 2. The van der Waals surface area contributed by atoms with Crippen molar-refractivity contribution in [3.8, 4) is 0 Å². The van der Waals surface area contributed by atoms with E-state index in [1.807, 2.05) is 53.4 Å². The number of nitrogens with zero attached hydrogens (tertiary/aromatic N) is 4. The van der Waals surface area contributed by atoms with Crippen LogP contribution in [0.25, 0.3) is 0 Å². The Hall–Kier alpha value is -3.65. The van der Waals surface area contributed by atoms with Crippen LogP contribution in [0.15, 0.2) is 60.9 Å². The molecule has 1 aromatic heterocycles. The predicted molar refractivity (Wildman–Crippen MR) is 159 cm³/mol. The zero-order chi connectivity index (χ0) is 29.2. The van der Waals surface area contributed by atoms with Gasteiger partial charge in [0.05, 0.1) is 30.3 Å². The molecule has 3 amide bonds. The highest BCUT2D eigenvalue weighted by Gasteiger charge is 2.62. The molecule has 3 atom stereocenters. The first-order chi connectivity index (χ1) is 20.1. The van der Waals surface area contributed by atoms with Gasteiger partial charge in [0.15, 0.2) is 0 Å². The fraction of sp³-hybridized carbons (Fsp3) is 0.455. The molecule has 0 radical (unpaired) electrons. The Bertz CT molecular complexity index is 1560. The molecule has 3 heterocycles. The van der Waals surface area contributed by atoms with Crippen molar-refractivity contribution >= 4 is 29.3 Å². The largest absolute Gasteiger partial charge is 0.349 e. The maximum atomic E-state index is 13.9. The molecule has 0 bridgehead atoms. The number of rotatable bonds is 6. The van der Waals surface area contributed by atoms with Crippen LogP contribution in [0.1, 0.15) is 59.8 Å². The Balaban J connectivity index is 1.09. The molecule has 8 nitrogen and oxygen atoms in total. The summed E-state index contributed by atoms with van der Waals surface area (Å²) in [5.41, 5.74) is 3.50. The van der Waals surface area contributed by atoms with Gasteiger partial charge in [0.25, 0.3) is 5.91 Å². The summed E-state index contributed by atoms with van der Waals surface area (Å²) in [4.78, 5) is 44.5. The fourth-order valence-electron chi connectivity index (χ4n) is 7.31. The maximum absolute atomic E-state index is 13.9. The van der Waals surface area contributed by atoms with Gasteiger partial charge < -0.3 is 15.1 Å². The van der Waals surface area contributed by atoms with Gasteiger partial charge in [-0.3, -0.25) is 19.1 Å². The van der Waals surface area contributed by atoms with E-state index in [0.29, 0.717) is 43.3 Å². The molecule has 218 valence electrons. The zero-order valence-corrected chi connectivity index (χ0v) is 24.8. The van der Waals surface area contributed by atoms with Gasteiger partial charge >= 0.3 is 0 Å². The molecule has 3 fully saturated rings.